The van der Waals surface area contributed by atoms with Gasteiger partial charge in [-0.3, -0.25) is 14.3 Å². The number of aromatic amines is 1. The first-order valence-corrected chi connectivity index (χ1v) is 10.5. The number of nitrogens with zero attached hydrogens (tertiary/aromatic N) is 3. The van der Waals surface area contributed by atoms with Gasteiger partial charge in [0, 0.05) is 17.2 Å². The fourth-order valence-electron chi connectivity index (χ4n) is 4.10. The monoisotopic (exact) mass is 453 g/mol. The van der Waals surface area contributed by atoms with Crippen LogP contribution in [0.3, 0.4) is 0 Å². The number of carbonyl (C=O) groups is 1. The van der Waals surface area contributed by atoms with Gasteiger partial charge in [0.2, 0.25) is 0 Å². The van der Waals surface area contributed by atoms with Crippen molar-refractivity contribution in [3.05, 3.63) is 81.3 Å². The number of pyridine rings is 1. The van der Waals surface area contributed by atoms with Crippen LogP contribution in [0.25, 0.3) is 5.65 Å². The lowest BCUT2D eigenvalue weighted by molar-refractivity contribution is 0.102. The van der Waals surface area contributed by atoms with Crippen LogP contribution in [-0.4, -0.2) is 25.4 Å². The van der Waals surface area contributed by atoms with E-state index in [1.165, 1.54) is 0 Å². The fourth-order valence-corrected chi connectivity index (χ4v) is 4.27. The highest BCUT2D eigenvalue weighted by Gasteiger charge is 2.34. The minimum atomic E-state index is -0.560. The summed E-state index contributed by atoms with van der Waals surface area (Å²) in [6.45, 7) is 8.24. The third-order valence-electron chi connectivity index (χ3n) is 5.55. The molecule has 0 aliphatic heterocycles. The second-order valence-corrected chi connectivity index (χ2v) is 9.60. The van der Waals surface area contributed by atoms with Gasteiger partial charge >= 0.3 is 5.76 Å². The molecule has 32 heavy (non-hydrogen) atoms. The summed E-state index contributed by atoms with van der Waals surface area (Å²) in [7, 11) is 0. The standard InChI is InChI=1S/C23H24ClN5O3/c1-22(2,13-23(3,4)20-27-21(31)32-28-20)15-7-5-14(6-8-15)19(30)26-17-12-29-11-16(24)9-10-18(29)25-17/h5-12H,13H2,1-4H3,(H,26,30)(H,27,28,31). The smallest absolute Gasteiger partial charge is 0.305 e. The van der Waals surface area contributed by atoms with Crippen molar-refractivity contribution in [3.8, 4) is 0 Å². The summed E-state index contributed by atoms with van der Waals surface area (Å²) in [6.07, 6.45) is 4.15. The molecule has 3 heterocycles. The molecule has 0 bridgehead atoms. The number of amides is 1. The Bertz CT molecular complexity index is 1330. The van der Waals surface area contributed by atoms with Crippen LogP contribution >= 0.6 is 11.6 Å². The number of aromatic nitrogens is 4. The number of carbonyl (C=O) groups excluding carboxylic acids is 1. The summed E-state index contributed by atoms with van der Waals surface area (Å²) in [5.41, 5.74) is 1.64. The molecule has 2 N–H and O–H groups in total. The molecule has 0 radical (unpaired) electrons. The number of hydrogen-bond acceptors (Lipinski definition) is 5. The van der Waals surface area contributed by atoms with E-state index < -0.39 is 11.2 Å². The normalized spacial score (nSPS) is 12.3. The lowest BCUT2D eigenvalue weighted by Crippen LogP contribution is -2.31. The van der Waals surface area contributed by atoms with Gasteiger partial charge in [0.15, 0.2) is 11.6 Å². The second-order valence-electron chi connectivity index (χ2n) is 9.16. The van der Waals surface area contributed by atoms with E-state index in [9.17, 15) is 9.59 Å². The molecule has 4 rings (SSSR count). The third kappa shape index (κ3) is 4.45. The molecule has 0 atom stereocenters. The average molecular weight is 454 g/mol. The molecule has 0 aliphatic rings. The Morgan fingerprint density at radius 2 is 1.81 bits per heavy atom. The number of hydrogen-bond donors (Lipinski definition) is 2. The topological polar surface area (TPSA) is 105 Å². The Hall–Kier alpha value is -3.39. The summed E-state index contributed by atoms with van der Waals surface area (Å²) in [6, 6.07) is 11.0. The molecule has 0 saturated heterocycles. The Morgan fingerprint density at radius 3 is 2.47 bits per heavy atom. The lowest BCUT2D eigenvalue weighted by Gasteiger charge is -2.33. The van der Waals surface area contributed by atoms with Crippen molar-refractivity contribution in [2.75, 3.05) is 5.32 Å². The van der Waals surface area contributed by atoms with E-state index >= 15 is 0 Å². The molecule has 0 unspecified atom stereocenters. The van der Waals surface area contributed by atoms with Crippen LogP contribution < -0.4 is 11.1 Å². The van der Waals surface area contributed by atoms with Crippen LogP contribution in [0.4, 0.5) is 5.82 Å². The molecular formula is C23H24ClN5O3. The lowest BCUT2D eigenvalue weighted by atomic mass is 9.71. The third-order valence-corrected chi connectivity index (χ3v) is 5.77. The Labute approximate surface area is 189 Å². The number of anilines is 1. The molecule has 166 valence electrons. The summed E-state index contributed by atoms with van der Waals surface area (Å²) in [5, 5.41) is 7.26. The minimum absolute atomic E-state index is 0.241. The van der Waals surface area contributed by atoms with Crippen molar-refractivity contribution in [3.63, 3.8) is 0 Å². The average Bonchev–Trinajstić information content (AvgIpc) is 3.33. The molecule has 4 aromatic rings. The summed E-state index contributed by atoms with van der Waals surface area (Å²) < 4.78 is 6.43. The van der Waals surface area contributed by atoms with Crippen molar-refractivity contribution in [1.82, 2.24) is 19.5 Å². The highest BCUT2D eigenvalue weighted by Crippen LogP contribution is 2.37. The molecule has 0 saturated carbocycles. The quantitative estimate of drug-likeness (QED) is 0.445. The number of halogens is 1. The Kier molecular flexibility index (Phi) is 5.42. The van der Waals surface area contributed by atoms with Gasteiger partial charge in [-0.1, -0.05) is 56.6 Å². The fraction of sp³-hybridized carbons (Fsp3) is 0.304. The summed E-state index contributed by atoms with van der Waals surface area (Å²) >= 11 is 6.00. The van der Waals surface area contributed by atoms with Crippen molar-refractivity contribution < 1.29 is 9.32 Å². The van der Waals surface area contributed by atoms with Gasteiger partial charge in [0.25, 0.3) is 5.91 Å². The summed E-state index contributed by atoms with van der Waals surface area (Å²) in [5.74, 6) is 0.157. The molecule has 1 aromatic carbocycles. The van der Waals surface area contributed by atoms with E-state index in [2.05, 4.69) is 38.8 Å². The zero-order valence-corrected chi connectivity index (χ0v) is 19.0. The molecule has 9 heteroatoms. The Balaban J connectivity index is 1.48. The van der Waals surface area contributed by atoms with E-state index in [1.54, 1.807) is 41.1 Å². The molecule has 3 aromatic heterocycles. The van der Waals surface area contributed by atoms with Gasteiger partial charge < -0.3 is 9.72 Å². The van der Waals surface area contributed by atoms with Crippen LogP contribution in [-0.2, 0) is 10.8 Å². The minimum Gasteiger partial charge on any atom is -0.305 e. The van der Waals surface area contributed by atoms with E-state index in [1.807, 2.05) is 26.0 Å². The number of H-pyrrole nitrogens is 1. The van der Waals surface area contributed by atoms with Gasteiger partial charge in [-0.15, -0.1) is 0 Å². The van der Waals surface area contributed by atoms with Gasteiger partial charge in [0.1, 0.15) is 5.65 Å². The van der Waals surface area contributed by atoms with Crippen molar-refractivity contribution in [1.29, 1.82) is 0 Å². The predicted molar refractivity (Wildman–Crippen MR) is 122 cm³/mol. The zero-order valence-electron chi connectivity index (χ0n) is 18.3. The molecule has 1 amide bonds. The first-order chi connectivity index (χ1) is 15.0. The zero-order chi connectivity index (χ0) is 23.1. The van der Waals surface area contributed by atoms with Gasteiger partial charge in [-0.25, -0.2) is 9.78 Å². The van der Waals surface area contributed by atoms with E-state index in [0.29, 0.717) is 34.3 Å². The molecular weight excluding hydrogens is 430 g/mol. The van der Waals surface area contributed by atoms with Crippen molar-refractivity contribution in [2.45, 2.75) is 44.9 Å². The number of fused-ring (bicyclic) bond motifs is 1. The largest absolute Gasteiger partial charge is 0.438 e. The number of imidazole rings is 1. The van der Waals surface area contributed by atoms with E-state index in [0.717, 1.165) is 5.56 Å². The van der Waals surface area contributed by atoms with Crippen molar-refractivity contribution in [2.24, 2.45) is 0 Å². The first kappa shape index (κ1) is 21.8. The second kappa shape index (κ2) is 7.94. The first-order valence-electron chi connectivity index (χ1n) is 10.2. The van der Waals surface area contributed by atoms with Gasteiger partial charge in [0.05, 0.1) is 11.2 Å². The van der Waals surface area contributed by atoms with Crippen molar-refractivity contribution >= 4 is 29.0 Å². The van der Waals surface area contributed by atoms with Gasteiger partial charge in [-0.2, -0.15) is 0 Å². The predicted octanol–water partition coefficient (Wildman–Crippen LogP) is 4.56. The molecule has 8 nitrogen and oxygen atoms in total. The van der Waals surface area contributed by atoms with Crippen LogP contribution in [0.5, 0.6) is 0 Å². The maximum Gasteiger partial charge on any atom is 0.438 e. The van der Waals surface area contributed by atoms with Crippen LogP contribution in [0.15, 0.2) is 58.1 Å². The maximum absolute atomic E-state index is 12.7. The van der Waals surface area contributed by atoms with Gasteiger partial charge in [-0.05, 0) is 41.7 Å². The SMILES string of the molecule is CC(C)(CC(C)(C)c1noc(=O)[nH]1)c1ccc(C(=O)Nc2cn3cc(Cl)ccc3n2)cc1. The van der Waals surface area contributed by atoms with E-state index in [4.69, 9.17) is 11.6 Å². The molecule has 0 fully saturated rings. The maximum atomic E-state index is 12.7. The Morgan fingerprint density at radius 1 is 1.09 bits per heavy atom. The number of benzene rings is 1. The van der Waals surface area contributed by atoms with Crippen LogP contribution in [0.2, 0.25) is 5.02 Å². The van der Waals surface area contributed by atoms with E-state index in [-0.39, 0.29) is 11.3 Å². The number of rotatable bonds is 6. The molecule has 0 spiro atoms. The highest BCUT2D eigenvalue weighted by atomic mass is 35.5. The highest BCUT2D eigenvalue weighted by molar-refractivity contribution is 6.30. The van der Waals surface area contributed by atoms with Crippen LogP contribution in [0.1, 0.15) is 55.9 Å². The molecule has 0 aliphatic carbocycles. The van der Waals surface area contributed by atoms with Crippen LogP contribution in [0, 0.1) is 0 Å². The number of nitrogens with one attached hydrogen (secondary N) is 2. The summed E-state index contributed by atoms with van der Waals surface area (Å²) in [4.78, 5) is 31.1.